The van der Waals surface area contributed by atoms with E-state index in [0.717, 1.165) is 62.3 Å². The van der Waals surface area contributed by atoms with Crippen LogP contribution < -0.4 is 24.8 Å². The lowest BCUT2D eigenvalue weighted by atomic mass is 10.0. The van der Waals surface area contributed by atoms with Crippen LogP contribution >= 0.6 is 0 Å². The van der Waals surface area contributed by atoms with Crippen LogP contribution in [0.3, 0.4) is 0 Å². The van der Waals surface area contributed by atoms with Gasteiger partial charge in [-0.25, -0.2) is 14.6 Å². The van der Waals surface area contributed by atoms with Gasteiger partial charge in [-0.1, -0.05) is 25.7 Å². The molecule has 3 heterocycles. The van der Waals surface area contributed by atoms with Crippen molar-refractivity contribution >= 4 is 34.8 Å². The molecule has 3 N–H and O–H groups in total. The lowest BCUT2D eigenvalue weighted by molar-refractivity contribution is -0.145. The van der Waals surface area contributed by atoms with Gasteiger partial charge in [0, 0.05) is 35.9 Å². The molecule has 13 nitrogen and oxygen atoms in total. The number of rotatable bonds is 8. The van der Waals surface area contributed by atoms with Gasteiger partial charge in [-0.05, 0) is 76.8 Å². The number of carbonyl (C=O) groups is 4. The molecule has 2 aliphatic heterocycles. The number of amides is 3. The minimum Gasteiger partial charge on any atom is -0.496 e. The van der Waals surface area contributed by atoms with E-state index in [1.807, 2.05) is 26.0 Å². The number of benzene rings is 1. The lowest BCUT2D eigenvalue weighted by Gasteiger charge is -2.27. The maximum absolute atomic E-state index is 14.1. The molecule has 4 fully saturated rings. The zero-order valence-electron chi connectivity index (χ0n) is 29.3. The highest BCUT2D eigenvalue weighted by Crippen LogP contribution is 2.47. The number of carboxylic acids is 1. The topological polar surface area (TPSA) is 166 Å². The largest absolute Gasteiger partial charge is 0.496 e. The third-order valence-corrected chi connectivity index (χ3v) is 10.8. The molecule has 0 radical (unpaired) electrons. The number of aliphatic carboxylic acids is 1. The predicted molar refractivity (Wildman–Crippen MR) is 183 cm³/mol. The summed E-state index contributed by atoms with van der Waals surface area (Å²) in [5.41, 5.74) is 0.130. The molecule has 0 spiro atoms. The third-order valence-electron chi connectivity index (χ3n) is 10.8. The van der Waals surface area contributed by atoms with E-state index in [-0.39, 0.29) is 37.3 Å². The Labute approximate surface area is 292 Å². The molecule has 5 atom stereocenters. The molecule has 50 heavy (non-hydrogen) atoms. The Morgan fingerprint density at radius 1 is 1.04 bits per heavy atom. The average Bonchev–Trinajstić information content (AvgIpc) is 3.35. The number of hydrogen-bond acceptors (Lipinski definition) is 9. The summed E-state index contributed by atoms with van der Waals surface area (Å²) in [6.07, 6.45) is 7.75. The summed E-state index contributed by atoms with van der Waals surface area (Å²) in [6.45, 7) is 4.26. The second-order valence-corrected chi connectivity index (χ2v) is 14.2. The van der Waals surface area contributed by atoms with E-state index in [1.54, 1.807) is 13.2 Å². The standard InChI is InChI=1S/C37H50N4O9/c1-4-48-31-19-30(27-15-16-29(47-3)22(2)33(27)39-31)49-26-18-28-34(43)40-37(35(44)45)20-23(37)11-7-5-6-8-12-24(17-32(42)41(28)21-26)38-36(46)50-25-13-9-10-14-25/h15-16,19,23-26,28H,4-14,17-18,20-21H2,1-3H3,(H,38,46)(H,40,43)(H,44,45)/t23-,24+,26-,28+,37-/m1/s1. The van der Waals surface area contributed by atoms with Crippen LogP contribution in [0, 0.1) is 12.8 Å². The fraction of sp³-hybridized carbons (Fsp3) is 0.649. The Morgan fingerprint density at radius 3 is 2.50 bits per heavy atom. The summed E-state index contributed by atoms with van der Waals surface area (Å²) in [4.78, 5) is 59.6. The van der Waals surface area contributed by atoms with Gasteiger partial charge in [0.2, 0.25) is 17.7 Å². The Bertz CT molecular complexity index is 1590. The molecular formula is C37H50N4O9. The summed E-state index contributed by atoms with van der Waals surface area (Å²) >= 11 is 0. The number of carboxylic acid groups (broad SMARTS) is 1. The van der Waals surface area contributed by atoms with Gasteiger partial charge in [-0.15, -0.1) is 0 Å². The number of nitrogens with one attached hydrogen (secondary N) is 2. The highest BCUT2D eigenvalue weighted by molar-refractivity contribution is 5.95. The molecule has 2 saturated carbocycles. The Hall–Kier alpha value is -4.29. The van der Waals surface area contributed by atoms with Crippen LogP contribution in [0.15, 0.2) is 18.2 Å². The van der Waals surface area contributed by atoms with E-state index in [9.17, 15) is 24.3 Å². The molecule has 1 aromatic heterocycles. The molecule has 6 rings (SSSR count). The number of methoxy groups -OCH3 is 1. The molecule has 1 aromatic carbocycles. The van der Waals surface area contributed by atoms with Crippen molar-refractivity contribution in [3.8, 4) is 17.4 Å². The van der Waals surface area contributed by atoms with Gasteiger partial charge in [0.25, 0.3) is 0 Å². The second-order valence-electron chi connectivity index (χ2n) is 14.2. The highest BCUT2D eigenvalue weighted by Gasteiger charge is 2.62. The molecule has 272 valence electrons. The van der Waals surface area contributed by atoms with Gasteiger partial charge in [0.05, 0.1) is 25.8 Å². The van der Waals surface area contributed by atoms with Crippen molar-refractivity contribution in [2.75, 3.05) is 20.3 Å². The summed E-state index contributed by atoms with van der Waals surface area (Å²) in [5.74, 6) is -0.510. The van der Waals surface area contributed by atoms with E-state index in [4.69, 9.17) is 18.9 Å². The number of carbonyl (C=O) groups excluding carboxylic acids is 3. The number of hydrogen-bond donors (Lipinski definition) is 3. The summed E-state index contributed by atoms with van der Waals surface area (Å²) in [5, 5.41) is 16.7. The van der Waals surface area contributed by atoms with Crippen molar-refractivity contribution in [3.63, 3.8) is 0 Å². The van der Waals surface area contributed by atoms with E-state index in [1.165, 1.54) is 4.90 Å². The van der Waals surface area contributed by atoms with Crippen LogP contribution in [0.2, 0.25) is 0 Å². The Kier molecular flexibility index (Phi) is 10.9. The molecule has 2 saturated heterocycles. The number of ether oxygens (including phenoxy) is 4. The van der Waals surface area contributed by atoms with Crippen molar-refractivity contribution in [2.24, 2.45) is 5.92 Å². The number of alkyl carbamates (subject to hydrolysis) is 1. The zero-order chi connectivity index (χ0) is 35.4. The number of pyridine rings is 1. The van der Waals surface area contributed by atoms with Crippen LogP contribution in [0.25, 0.3) is 10.9 Å². The van der Waals surface area contributed by atoms with Crippen LogP contribution in [-0.4, -0.2) is 89.0 Å². The first-order chi connectivity index (χ1) is 24.1. The first-order valence-electron chi connectivity index (χ1n) is 18.2. The van der Waals surface area contributed by atoms with Crippen LogP contribution in [0.4, 0.5) is 4.79 Å². The van der Waals surface area contributed by atoms with Crippen molar-refractivity contribution in [3.05, 3.63) is 23.8 Å². The van der Waals surface area contributed by atoms with E-state index in [0.29, 0.717) is 48.8 Å². The molecule has 2 aromatic rings. The second kappa shape index (κ2) is 15.3. The average molecular weight is 695 g/mol. The van der Waals surface area contributed by atoms with Gasteiger partial charge >= 0.3 is 12.1 Å². The van der Waals surface area contributed by atoms with Crippen LogP contribution in [-0.2, 0) is 19.1 Å². The van der Waals surface area contributed by atoms with Gasteiger partial charge < -0.3 is 39.6 Å². The zero-order valence-corrected chi connectivity index (χ0v) is 29.3. The fourth-order valence-corrected chi connectivity index (χ4v) is 7.98. The molecule has 2 aliphatic carbocycles. The number of aromatic nitrogens is 1. The number of nitrogens with zero attached hydrogens (tertiary/aromatic N) is 2. The molecule has 0 unspecified atom stereocenters. The molecule has 13 heteroatoms. The van der Waals surface area contributed by atoms with E-state index >= 15 is 0 Å². The maximum Gasteiger partial charge on any atom is 0.407 e. The molecule has 0 bridgehead atoms. The number of aryl methyl sites for hydroxylation is 1. The van der Waals surface area contributed by atoms with Gasteiger partial charge in [0.1, 0.15) is 35.3 Å². The monoisotopic (exact) mass is 694 g/mol. The van der Waals surface area contributed by atoms with Crippen LogP contribution in [0.1, 0.15) is 96.0 Å². The SMILES string of the molecule is CCOc1cc(O[C@@H]2C[C@H]3C(=O)N[C@]4(C(=O)O)C[C@H]4CCCCCC[C@H](NC(=O)OC4CCCC4)CC(=O)N3C2)c2ccc(OC)c(C)c2n1. The maximum atomic E-state index is 14.1. The summed E-state index contributed by atoms with van der Waals surface area (Å²) in [6, 6.07) is 3.97. The predicted octanol–water partition coefficient (Wildman–Crippen LogP) is 5.04. The molecule has 4 aliphatic rings. The minimum atomic E-state index is -1.33. The van der Waals surface area contributed by atoms with Crippen molar-refractivity contribution in [2.45, 2.75) is 127 Å². The Balaban J connectivity index is 1.27. The first-order valence-corrected chi connectivity index (χ1v) is 18.2. The normalized spacial score (nSPS) is 27.7. The van der Waals surface area contributed by atoms with Gasteiger partial charge in [0.15, 0.2) is 0 Å². The van der Waals surface area contributed by atoms with Crippen molar-refractivity contribution < 1.29 is 43.2 Å². The minimum absolute atomic E-state index is 0.0192. The van der Waals surface area contributed by atoms with E-state index in [2.05, 4.69) is 15.6 Å². The number of fused-ring (bicyclic) bond motifs is 3. The highest BCUT2D eigenvalue weighted by atomic mass is 16.6. The van der Waals surface area contributed by atoms with Crippen molar-refractivity contribution in [1.29, 1.82) is 0 Å². The summed E-state index contributed by atoms with van der Waals surface area (Å²) < 4.78 is 23.5. The lowest BCUT2D eigenvalue weighted by Crippen LogP contribution is -2.53. The van der Waals surface area contributed by atoms with E-state index < -0.39 is 41.7 Å². The smallest absolute Gasteiger partial charge is 0.407 e. The molecule has 3 amide bonds. The first kappa shape index (κ1) is 35.5. The fourth-order valence-electron chi connectivity index (χ4n) is 7.98. The molecular weight excluding hydrogens is 644 g/mol. The quantitative estimate of drug-likeness (QED) is 0.341. The van der Waals surface area contributed by atoms with Gasteiger partial charge in [-0.2, -0.15) is 0 Å². The summed E-state index contributed by atoms with van der Waals surface area (Å²) in [7, 11) is 1.59. The van der Waals surface area contributed by atoms with Crippen molar-refractivity contribution in [1.82, 2.24) is 20.5 Å². The Morgan fingerprint density at radius 2 is 1.78 bits per heavy atom. The van der Waals surface area contributed by atoms with Crippen LogP contribution in [0.5, 0.6) is 17.4 Å². The third kappa shape index (κ3) is 7.71. The van der Waals surface area contributed by atoms with Gasteiger partial charge in [-0.3, -0.25) is 9.59 Å².